The van der Waals surface area contributed by atoms with E-state index in [9.17, 15) is 4.79 Å². The number of allylic oxidation sites excluding steroid dienone is 1. The molecule has 3 rings (SSSR count). The molecule has 0 spiro atoms. The molecule has 0 amide bonds. The van der Waals surface area contributed by atoms with Gasteiger partial charge in [-0.3, -0.25) is 4.79 Å². The lowest BCUT2D eigenvalue weighted by Gasteiger charge is -2.18. The summed E-state index contributed by atoms with van der Waals surface area (Å²) in [5, 5.41) is 0. The van der Waals surface area contributed by atoms with Crippen LogP contribution < -0.4 is 9.47 Å². The fourth-order valence-electron chi connectivity index (χ4n) is 2.52. The predicted molar refractivity (Wildman–Crippen MR) is 91.1 cm³/mol. The zero-order chi connectivity index (χ0) is 16.6. The quantitative estimate of drug-likeness (QED) is 0.760. The van der Waals surface area contributed by atoms with Crippen molar-refractivity contribution >= 4 is 11.9 Å². The van der Waals surface area contributed by atoms with Gasteiger partial charge in [-0.25, -0.2) is 0 Å². The van der Waals surface area contributed by atoms with Gasteiger partial charge in [0.05, 0.1) is 12.7 Å². The maximum atomic E-state index is 12.4. The maximum Gasteiger partial charge on any atom is 0.231 e. The summed E-state index contributed by atoms with van der Waals surface area (Å²) < 4.78 is 10.9. The molecular formula is C20H20O3. The van der Waals surface area contributed by atoms with Crippen LogP contribution in [0, 0.1) is 0 Å². The zero-order valence-corrected chi connectivity index (χ0v) is 13.8. The van der Waals surface area contributed by atoms with Crippen molar-refractivity contribution in [3.8, 4) is 11.5 Å². The van der Waals surface area contributed by atoms with E-state index in [2.05, 4.69) is 32.9 Å². The molecule has 1 heterocycles. The molecular weight excluding hydrogens is 288 g/mol. The predicted octanol–water partition coefficient (Wildman–Crippen LogP) is 4.61. The van der Waals surface area contributed by atoms with Crippen LogP contribution in [-0.2, 0) is 5.41 Å². The largest absolute Gasteiger partial charge is 0.497 e. The second-order valence-electron chi connectivity index (χ2n) is 6.67. The van der Waals surface area contributed by atoms with Gasteiger partial charge < -0.3 is 9.47 Å². The summed E-state index contributed by atoms with van der Waals surface area (Å²) in [7, 11) is 1.59. The Kier molecular flexibility index (Phi) is 3.72. The Morgan fingerprint density at radius 3 is 2.35 bits per heavy atom. The summed E-state index contributed by atoms with van der Waals surface area (Å²) in [6, 6.07) is 13.4. The molecule has 0 N–H and O–H groups in total. The molecule has 3 nitrogen and oxygen atoms in total. The monoisotopic (exact) mass is 308 g/mol. The van der Waals surface area contributed by atoms with Crippen molar-refractivity contribution in [2.24, 2.45) is 0 Å². The normalized spacial score (nSPS) is 15.5. The van der Waals surface area contributed by atoms with Gasteiger partial charge in [0, 0.05) is 6.07 Å². The van der Waals surface area contributed by atoms with Gasteiger partial charge in [-0.1, -0.05) is 45.0 Å². The highest BCUT2D eigenvalue weighted by atomic mass is 16.5. The van der Waals surface area contributed by atoms with Crippen molar-refractivity contribution in [1.82, 2.24) is 0 Å². The van der Waals surface area contributed by atoms with E-state index in [4.69, 9.17) is 9.47 Å². The van der Waals surface area contributed by atoms with E-state index < -0.39 is 0 Å². The van der Waals surface area contributed by atoms with Gasteiger partial charge in [0.1, 0.15) is 11.5 Å². The Balaban J connectivity index is 1.88. The van der Waals surface area contributed by atoms with Crippen molar-refractivity contribution in [2.45, 2.75) is 26.2 Å². The van der Waals surface area contributed by atoms with Gasteiger partial charge in [-0.15, -0.1) is 0 Å². The number of hydrogen-bond donors (Lipinski definition) is 0. The molecule has 0 aromatic heterocycles. The molecule has 0 saturated carbocycles. The fourth-order valence-corrected chi connectivity index (χ4v) is 2.52. The average Bonchev–Trinajstić information content (AvgIpc) is 2.82. The van der Waals surface area contributed by atoms with Crippen LogP contribution in [0.2, 0.25) is 0 Å². The van der Waals surface area contributed by atoms with Crippen LogP contribution >= 0.6 is 0 Å². The van der Waals surface area contributed by atoms with E-state index in [-0.39, 0.29) is 11.2 Å². The van der Waals surface area contributed by atoms with E-state index in [0.29, 0.717) is 22.8 Å². The first-order valence-electron chi connectivity index (χ1n) is 7.61. The highest BCUT2D eigenvalue weighted by molar-refractivity contribution is 6.14. The van der Waals surface area contributed by atoms with Gasteiger partial charge in [-0.05, 0) is 34.8 Å². The maximum absolute atomic E-state index is 12.4. The minimum absolute atomic E-state index is 0.0949. The van der Waals surface area contributed by atoms with Crippen molar-refractivity contribution in [3.63, 3.8) is 0 Å². The standard InChI is InChI=1S/C20H20O3/c1-20(2,3)14-7-5-13(6-8-14)11-18-19(21)16-10-9-15(22-4)12-17(16)23-18/h5-12H,1-4H3/b18-11-. The van der Waals surface area contributed by atoms with Gasteiger partial charge in [0.25, 0.3) is 0 Å². The van der Waals surface area contributed by atoms with Crippen LogP contribution in [0.25, 0.3) is 6.08 Å². The Morgan fingerprint density at radius 1 is 1.04 bits per heavy atom. The molecule has 2 aromatic rings. The molecule has 0 unspecified atom stereocenters. The topological polar surface area (TPSA) is 35.5 Å². The summed E-state index contributed by atoms with van der Waals surface area (Å²) in [4.78, 5) is 12.4. The van der Waals surface area contributed by atoms with E-state index in [1.165, 1.54) is 5.56 Å². The van der Waals surface area contributed by atoms with E-state index >= 15 is 0 Å². The number of rotatable bonds is 2. The SMILES string of the molecule is COc1ccc2c(c1)O/C(=C\c1ccc(C(C)(C)C)cc1)C2=O. The molecule has 2 aromatic carbocycles. The van der Waals surface area contributed by atoms with Crippen LogP contribution in [0.1, 0.15) is 42.3 Å². The number of methoxy groups -OCH3 is 1. The fraction of sp³-hybridized carbons (Fsp3) is 0.250. The zero-order valence-electron chi connectivity index (χ0n) is 13.8. The molecule has 0 fully saturated rings. The second-order valence-corrected chi connectivity index (χ2v) is 6.67. The Morgan fingerprint density at radius 2 is 1.74 bits per heavy atom. The van der Waals surface area contributed by atoms with Crippen LogP contribution in [0.4, 0.5) is 0 Å². The lowest BCUT2D eigenvalue weighted by atomic mass is 9.86. The molecule has 1 aliphatic rings. The molecule has 0 bridgehead atoms. The van der Waals surface area contributed by atoms with Gasteiger partial charge in [-0.2, -0.15) is 0 Å². The van der Waals surface area contributed by atoms with Crippen LogP contribution in [0.15, 0.2) is 48.2 Å². The minimum atomic E-state index is -0.0949. The average molecular weight is 308 g/mol. The molecule has 0 atom stereocenters. The van der Waals surface area contributed by atoms with E-state index in [0.717, 1.165) is 5.56 Å². The third-order valence-corrected chi connectivity index (χ3v) is 3.95. The summed E-state index contributed by atoms with van der Waals surface area (Å²) in [6.07, 6.45) is 1.78. The molecule has 0 aliphatic carbocycles. The van der Waals surface area contributed by atoms with Crippen LogP contribution in [0.5, 0.6) is 11.5 Å². The molecule has 23 heavy (non-hydrogen) atoms. The van der Waals surface area contributed by atoms with Crippen LogP contribution in [0.3, 0.4) is 0 Å². The number of carbonyl (C=O) groups excluding carboxylic acids is 1. The third kappa shape index (κ3) is 3.00. The number of fused-ring (bicyclic) bond motifs is 1. The van der Waals surface area contributed by atoms with Crippen molar-refractivity contribution in [3.05, 3.63) is 64.9 Å². The van der Waals surface area contributed by atoms with Gasteiger partial charge in [0.2, 0.25) is 5.78 Å². The number of ether oxygens (including phenoxy) is 2. The summed E-state index contributed by atoms with van der Waals surface area (Å²) in [5.41, 5.74) is 2.88. The lowest BCUT2D eigenvalue weighted by molar-refractivity contribution is 0.101. The van der Waals surface area contributed by atoms with E-state index in [1.54, 1.807) is 31.4 Å². The van der Waals surface area contributed by atoms with Crippen molar-refractivity contribution < 1.29 is 14.3 Å². The smallest absolute Gasteiger partial charge is 0.231 e. The summed E-state index contributed by atoms with van der Waals surface area (Å²) in [6.45, 7) is 6.52. The van der Waals surface area contributed by atoms with E-state index in [1.807, 2.05) is 12.1 Å². The number of carbonyl (C=O) groups is 1. The molecule has 118 valence electrons. The highest BCUT2D eigenvalue weighted by Gasteiger charge is 2.27. The molecule has 1 aliphatic heterocycles. The van der Waals surface area contributed by atoms with Gasteiger partial charge >= 0.3 is 0 Å². The van der Waals surface area contributed by atoms with Crippen LogP contribution in [-0.4, -0.2) is 12.9 Å². The van der Waals surface area contributed by atoms with Crippen molar-refractivity contribution in [2.75, 3.05) is 7.11 Å². The molecule has 3 heteroatoms. The summed E-state index contributed by atoms with van der Waals surface area (Å²) in [5.74, 6) is 1.47. The highest BCUT2D eigenvalue weighted by Crippen LogP contribution is 2.34. The summed E-state index contributed by atoms with van der Waals surface area (Å²) >= 11 is 0. The first-order chi connectivity index (χ1) is 10.9. The third-order valence-electron chi connectivity index (χ3n) is 3.95. The number of benzene rings is 2. The first kappa shape index (κ1) is 15.3. The number of hydrogen-bond acceptors (Lipinski definition) is 3. The van der Waals surface area contributed by atoms with Gasteiger partial charge in [0.15, 0.2) is 5.76 Å². The van der Waals surface area contributed by atoms with Crippen molar-refractivity contribution in [1.29, 1.82) is 0 Å². The number of ketones is 1. The lowest BCUT2D eigenvalue weighted by Crippen LogP contribution is -2.10. The Labute approximate surface area is 136 Å². The minimum Gasteiger partial charge on any atom is -0.497 e. The number of Topliss-reactive ketones (excluding diaryl/α,β-unsaturated/α-hetero) is 1. The second kappa shape index (κ2) is 5.58. The molecule has 0 saturated heterocycles. The Hall–Kier alpha value is -2.55. The first-order valence-corrected chi connectivity index (χ1v) is 7.61. The molecule has 0 radical (unpaired) electrons. The Bertz CT molecular complexity index is 778.